The molecule has 0 aromatic carbocycles. The average molecular weight is 200 g/mol. The number of rotatable bonds is 0. The average Bonchev–Trinajstić information content (AvgIpc) is 0.722. The van der Waals surface area contributed by atoms with Gasteiger partial charge in [-0.1, -0.05) is 0 Å². The number of hydrogen-bond donors (Lipinski definition) is 2. The van der Waals surface area contributed by atoms with Gasteiger partial charge in [0.05, 0.1) is 0 Å². The summed E-state index contributed by atoms with van der Waals surface area (Å²) in [6.45, 7) is 0. The SMILES string of the molecule is O=[P](O)(O)[Mn].[Fe].[LiH]. The monoisotopic (exact) mass is 200 g/mol. The first-order valence-corrected chi connectivity index (χ1v) is 3.84. The van der Waals surface area contributed by atoms with Crippen molar-refractivity contribution in [3.63, 3.8) is 0 Å². The van der Waals surface area contributed by atoms with E-state index in [4.69, 9.17) is 9.79 Å². The van der Waals surface area contributed by atoms with Gasteiger partial charge in [0.1, 0.15) is 0 Å². The van der Waals surface area contributed by atoms with E-state index in [9.17, 15) is 4.57 Å². The second kappa shape index (κ2) is 5.91. The van der Waals surface area contributed by atoms with Crippen LogP contribution in [0, 0.1) is 0 Å². The summed E-state index contributed by atoms with van der Waals surface area (Å²) in [5, 5.41) is 0. The summed E-state index contributed by atoms with van der Waals surface area (Å²) in [6, 6.07) is 0. The molecule has 42 valence electrons. The van der Waals surface area contributed by atoms with Crippen molar-refractivity contribution in [1.29, 1.82) is 0 Å². The Balaban J connectivity index is -0.0000000800. The molecule has 0 bridgehead atoms. The Bertz CT molecular complexity index is 61.1. The van der Waals surface area contributed by atoms with Gasteiger partial charge < -0.3 is 0 Å². The van der Waals surface area contributed by atoms with E-state index in [1.807, 2.05) is 15.6 Å². The van der Waals surface area contributed by atoms with Crippen molar-refractivity contribution in [3.05, 3.63) is 0 Å². The van der Waals surface area contributed by atoms with Gasteiger partial charge >= 0.3 is 55.1 Å². The van der Waals surface area contributed by atoms with E-state index in [0.29, 0.717) is 0 Å². The Morgan fingerprint density at radius 3 is 1.43 bits per heavy atom. The molecule has 7 heavy (non-hydrogen) atoms. The minimum absolute atomic E-state index is 0. The van der Waals surface area contributed by atoms with Gasteiger partial charge in [0.15, 0.2) is 0 Å². The first-order valence-electron chi connectivity index (χ1n) is 0.752. The van der Waals surface area contributed by atoms with E-state index in [1.165, 1.54) is 0 Å². The van der Waals surface area contributed by atoms with E-state index in [2.05, 4.69) is 0 Å². The van der Waals surface area contributed by atoms with Crippen LogP contribution >= 0.6 is 6.29 Å². The fourth-order valence-corrected chi connectivity index (χ4v) is 0. The van der Waals surface area contributed by atoms with Gasteiger partial charge in [0.2, 0.25) is 0 Å². The van der Waals surface area contributed by atoms with Gasteiger partial charge in [-0.15, -0.1) is 0 Å². The van der Waals surface area contributed by atoms with Crippen molar-refractivity contribution < 1.29 is 47.0 Å². The Hall–Kier alpha value is 1.79. The normalized spacial score (nSPS) is 8.43. The van der Waals surface area contributed by atoms with Crippen LogP contribution in [0.5, 0.6) is 0 Å². The third-order valence-corrected chi connectivity index (χ3v) is 0. The third kappa shape index (κ3) is 81.7. The summed E-state index contributed by atoms with van der Waals surface area (Å²) in [5.74, 6) is 0. The summed E-state index contributed by atoms with van der Waals surface area (Å²) < 4.78 is 9.24. The molecule has 7 heteroatoms. The van der Waals surface area contributed by atoms with Gasteiger partial charge in [0, 0.05) is 17.1 Å². The molecule has 0 aromatic heterocycles. The van der Waals surface area contributed by atoms with E-state index in [0.717, 1.165) is 0 Å². The van der Waals surface area contributed by atoms with Crippen molar-refractivity contribution in [1.82, 2.24) is 0 Å². The van der Waals surface area contributed by atoms with Crippen LogP contribution in [0.4, 0.5) is 0 Å². The summed E-state index contributed by atoms with van der Waals surface area (Å²) >= 11 is 2.04. The molecule has 0 heterocycles. The Labute approximate surface area is 71.9 Å². The van der Waals surface area contributed by atoms with Crippen molar-refractivity contribution in [2.75, 3.05) is 0 Å². The molecule has 0 saturated carbocycles. The van der Waals surface area contributed by atoms with E-state index in [1.54, 1.807) is 0 Å². The second-order valence-corrected chi connectivity index (χ2v) is 3.48. The molecule has 0 rings (SSSR count). The van der Waals surface area contributed by atoms with Gasteiger partial charge in [0.25, 0.3) is 0 Å². The van der Waals surface area contributed by atoms with Crippen LogP contribution < -0.4 is 0 Å². The molecule has 0 saturated heterocycles. The minimum atomic E-state index is -3.83. The molecule has 0 aliphatic rings. The van der Waals surface area contributed by atoms with Crippen LogP contribution in [0.15, 0.2) is 0 Å². The molecule has 0 aliphatic carbocycles. The molecule has 0 fully saturated rings. The van der Waals surface area contributed by atoms with Gasteiger partial charge in [-0.2, -0.15) is 0 Å². The molecule has 0 spiro atoms. The second-order valence-electron chi connectivity index (χ2n) is 0.473. The fourth-order valence-electron chi connectivity index (χ4n) is 0. The summed E-state index contributed by atoms with van der Waals surface area (Å²) in [5.41, 5.74) is 0. The molecule has 3 nitrogen and oxygen atoms in total. The third-order valence-electron chi connectivity index (χ3n) is 0. The first-order chi connectivity index (χ1) is 2.00. The van der Waals surface area contributed by atoms with Crippen LogP contribution in [0.25, 0.3) is 0 Å². The van der Waals surface area contributed by atoms with E-state index in [-0.39, 0.29) is 35.9 Å². The van der Waals surface area contributed by atoms with Crippen molar-refractivity contribution in [3.8, 4) is 0 Å². The molecule has 0 radical (unpaired) electrons. The summed E-state index contributed by atoms with van der Waals surface area (Å²) in [4.78, 5) is 15.1. The van der Waals surface area contributed by atoms with E-state index >= 15 is 0 Å². The van der Waals surface area contributed by atoms with Crippen molar-refractivity contribution in [2.45, 2.75) is 0 Å². The zero-order chi connectivity index (χ0) is 4.50. The molecule has 0 aliphatic heterocycles. The molecule has 0 amide bonds. The summed E-state index contributed by atoms with van der Waals surface area (Å²) in [6.07, 6.45) is -3.83. The summed E-state index contributed by atoms with van der Waals surface area (Å²) in [7, 11) is 0. The van der Waals surface area contributed by atoms with Gasteiger partial charge in [-0.05, 0) is 0 Å². The molecule has 0 aromatic rings. The van der Waals surface area contributed by atoms with Crippen LogP contribution in [-0.4, -0.2) is 28.6 Å². The molecular formula is H3FeLiMnO3P. The number of hydrogen-bond acceptors (Lipinski definition) is 1. The first kappa shape index (κ1) is 15.9. The fraction of sp³-hybridized carbons (Fsp3) is 0. The maximum atomic E-state index is 9.24. The molecular weight excluding hydrogens is 197 g/mol. The maximum absolute atomic E-state index is 9.24. The van der Waals surface area contributed by atoms with Crippen LogP contribution in [-0.2, 0) is 37.2 Å². The molecule has 2 N–H and O–H groups in total. The zero-order valence-corrected chi connectivity index (χ0v) is 5.66. The van der Waals surface area contributed by atoms with Crippen molar-refractivity contribution >= 4 is 25.1 Å². The van der Waals surface area contributed by atoms with Crippen molar-refractivity contribution in [2.24, 2.45) is 0 Å². The topological polar surface area (TPSA) is 57.5 Å². The molecule has 0 atom stereocenters. The van der Waals surface area contributed by atoms with Gasteiger partial charge in [-0.25, -0.2) is 0 Å². The van der Waals surface area contributed by atoms with Gasteiger partial charge in [-0.3, -0.25) is 0 Å². The Morgan fingerprint density at radius 1 is 1.43 bits per heavy atom. The van der Waals surface area contributed by atoms with Crippen LogP contribution in [0.2, 0.25) is 0 Å². The predicted octanol–water partition coefficient (Wildman–Crippen LogP) is -1.03. The Kier molecular flexibility index (Phi) is 13.4. The predicted molar refractivity (Wildman–Crippen MR) is 19.2 cm³/mol. The van der Waals surface area contributed by atoms with E-state index < -0.39 is 6.29 Å². The van der Waals surface area contributed by atoms with Crippen LogP contribution in [0.1, 0.15) is 0 Å². The standard InChI is InChI=1S/Fe.Li.Mn.HO3P.H/c;;;1-4(2)3;/h;;;(H-,1,2,3);/q;;-1;;/p+1. The quantitative estimate of drug-likeness (QED) is 0.388. The van der Waals surface area contributed by atoms with Crippen LogP contribution in [0.3, 0.4) is 0 Å². The Morgan fingerprint density at radius 2 is 1.43 bits per heavy atom. The zero-order valence-electron chi connectivity index (χ0n) is 2.48. The molecule has 0 unspecified atom stereocenters.